The number of alkyl halides is 1. The Hall–Kier alpha value is -4.23. The number of aromatic nitrogens is 3. The summed E-state index contributed by atoms with van der Waals surface area (Å²) in [7, 11) is 1.31. The molecule has 248 valence electrons. The van der Waals surface area contributed by atoms with Gasteiger partial charge < -0.3 is 24.2 Å². The number of esters is 1. The first-order valence-corrected chi connectivity index (χ1v) is 15.9. The van der Waals surface area contributed by atoms with Gasteiger partial charge in [-0.1, -0.05) is 13.0 Å². The summed E-state index contributed by atoms with van der Waals surface area (Å²) in [5, 5.41) is 11.8. The summed E-state index contributed by atoms with van der Waals surface area (Å²) in [5.74, 6) is -2.17. The molecule has 3 fully saturated rings. The third-order valence-corrected chi connectivity index (χ3v) is 9.74. The van der Waals surface area contributed by atoms with Gasteiger partial charge in [0.2, 0.25) is 0 Å². The molecule has 10 nitrogen and oxygen atoms in total. The highest BCUT2D eigenvalue weighted by Gasteiger charge is 2.49. The molecule has 3 atom stereocenters. The maximum atomic E-state index is 16.9. The molecule has 1 N–H and O–H groups in total. The van der Waals surface area contributed by atoms with E-state index in [0.717, 1.165) is 19.4 Å². The minimum Gasteiger partial charge on any atom is -0.508 e. The Balaban J connectivity index is 1.38. The van der Waals surface area contributed by atoms with Gasteiger partial charge in [0.15, 0.2) is 5.82 Å². The predicted molar refractivity (Wildman–Crippen MR) is 168 cm³/mol. The number of benzene rings is 2. The Morgan fingerprint density at radius 1 is 1.19 bits per heavy atom. The van der Waals surface area contributed by atoms with E-state index >= 15 is 4.39 Å². The molecule has 0 bridgehead atoms. The average Bonchev–Trinajstić information content (AvgIpc) is 3.47. The first-order chi connectivity index (χ1) is 22.7. The summed E-state index contributed by atoms with van der Waals surface area (Å²) < 4.78 is 63.2. The maximum Gasteiger partial charge on any atom is 0.319 e. The lowest BCUT2D eigenvalue weighted by atomic mass is 9.94. The molecule has 2 aromatic heterocycles. The number of aryl methyl sites for hydroxylation is 1. The Kier molecular flexibility index (Phi) is 8.29. The van der Waals surface area contributed by atoms with Crippen molar-refractivity contribution >= 4 is 33.5 Å². The number of hydrogen-bond acceptors (Lipinski definition) is 10. The smallest absolute Gasteiger partial charge is 0.319 e. The first-order valence-electron chi connectivity index (χ1n) is 15.9. The van der Waals surface area contributed by atoms with Crippen LogP contribution in [0, 0.1) is 17.6 Å². The third kappa shape index (κ3) is 5.58. The second-order valence-electron chi connectivity index (χ2n) is 12.6. The van der Waals surface area contributed by atoms with Gasteiger partial charge in [0.05, 0.1) is 37.2 Å². The molecule has 0 saturated carbocycles. The summed E-state index contributed by atoms with van der Waals surface area (Å²) in [6, 6.07) is 5.62. The SMILES string of the molecule is CCc1c(F)ccc2cc(O)cc(-c3ncc4c(N5CCOCC(C(=O)OC)C5)nc(OC[C@@]56CCCN5C[C@H](F)C6)nc4c3F)c12. The Morgan fingerprint density at radius 3 is 2.85 bits per heavy atom. The van der Waals surface area contributed by atoms with Crippen molar-refractivity contribution in [3.8, 4) is 23.0 Å². The molecule has 7 rings (SSSR count). The van der Waals surface area contributed by atoms with Crippen LogP contribution in [0.4, 0.5) is 19.0 Å². The number of methoxy groups -OCH3 is 1. The average molecular weight is 652 g/mol. The van der Waals surface area contributed by atoms with Crippen LogP contribution in [0.3, 0.4) is 0 Å². The van der Waals surface area contributed by atoms with Crippen LogP contribution in [-0.4, -0.2) is 95.7 Å². The Morgan fingerprint density at radius 2 is 2.04 bits per heavy atom. The van der Waals surface area contributed by atoms with E-state index in [0.29, 0.717) is 48.1 Å². The molecule has 3 saturated heterocycles. The number of anilines is 1. The molecule has 1 unspecified atom stereocenters. The molecule has 0 amide bonds. The van der Waals surface area contributed by atoms with Crippen LogP contribution in [0.25, 0.3) is 32.9 Å². The quantitative estimate of drug-likeness (QED) is 0.275. The fraction of sp³-hybridized carbons (Fsp3) is 0.471. The normalized spacial score (nSPS) is 23.3. The van der Waals surface area contributed by atoms with Crippen LogP contribution in [-0.2, 0) is 20.7 Å². The summed E-state index contributed by atoms with van der Waals surface area (Å²) >= 11 is 0. The monoisotopic (exact) mass is 651 g/mol. The zero-order chi connectivity index (χ0) is 32.9. The molecule has 0 spiro atoms. The van der Waals surface area contributed by atoms with Crippen LogP contribution in [0.15, 0.2) is 30.5 Å². The third-order valence-electron chi connectivity index (χ3n) is 9.74. The number of phenolic OH excluding ortho intramolecular Hbond substituents is 1. The minimum absolute atomic E-state index is 0.101. The number of nitrogens with zero attached hydrogens (tertiary/aromatic N) is 5. The fourth-order valence-electron chi connectivity index (χ4n) is 7.51. The van der Waals surface area contributed by atoms with Crippen molar-refractivity contribution in [1.29, 1.82) is 0 Å². The lowest BCUT2D eigenvalue weighted by Crippen LogP contribution is -2.43. The van der Waals surface area contributed by atoms with Gasteiger partial charge in [-0.25, -0.2) is 13.2 Å². The standard InChI is InChI=1S/C34H36F3N5O5/c1-3-23-26(36)6-5-19-11-22(43)12-24(27(19)23)29-28(37)30-25(14-38-29)31(41-9-10-46-17-20(15-41)32(44)45-2)40-33(39-30)47-18-34-7-4-8-42(34)16-21(35)13-34/h5-6,11-12,14,20-21,43H,3-4,7-10,13,15-18H2,1-2H3/t20?,21-,34+/m1/s1. The number of aromatic hydroxyl groups is 1. The molecule has 0 aliphatic carbocycles. The van der Waals surface area contributed by atoms with Crippen molar-refractivity contribution in [1.82, 2.24) is 19.9 Å². The van der Waals surface area contributed by atoms with Crippen molar-refractivity contribution in [2.45, 2.75) is 44.3 Å². The van der Waals surface area contributed by atoms with Crippen LogP contribution < -0.4 is 9.64 Å². The molecule has 13 heteroatoms. The lowest BCUT2D eigenvalue weighted by Gasteiger charge is -2.31. The van der Waals surface area contributed by atoms with E-state index in [-0.39, 0.29) is 60.3 Å². The highest BCUT2D eigenvalue weighted by atomic mass is 19.1. The molecular formula is C34H36F3N5O5. The molecule has 47 heavy (non-hydrogen) atoms. The second-order valence-corrected chi connectivity index (χ2v) is 12.6. The summed E-state index contributed by atoms with van der Waals surface area (Å²) in [4.78, 5) is 30.1. The number of phenols is 1. The van der Waals surface area contributed by atoms with Crippen molar-refractivity contribution < 1.29 is 37.3 Å². The van der Waals surface area contributed by atoms with Crippen LogP contribution in [0.5, 0.6) is 11.8 Å². The number of hydrogen-bond donors (Lipinski definition) is 1. The number of carbonyl (C=O) groups excluding carboxylic acids is 1. The van der Waals surface area contributed by atoms with Gasteiger partial charge in [0, 0.05) is 37.8 Å². The number of rotatable bonds is 7. The number of pyridine rings is 1. The topological polar surface area (TPSA) is 110 Å². The van der Waals surface area contributed by atoms with Crippen molar-refractivity contribution in [3.63, 3.8) is 0 Å². The predicted octanol–water partition coefficient (Wildman–Crippen LogP) is 4.97. The van der Waals surface area contributed by atoms with E-state index in [1.807, 2.05) is 0 Å². The van der Waals surface area contributed by atoms with Crippen LogP contribution in [0.1, 0.15) is 31.7 Å². The molecule has 2 aromatic carbocycles. The van der Waals surface area contributed by atoms with Crippen LogP contribution >= 0.6 is 0 Å². The van der Waals surface area contributed by atoms with E-state index in [4.69, 9.17) is 19.2 Å². The molecule has 3 aliphatic rings. The Bertz CT molecular complexity index is 1860. The van der Waals surface area contributed by atoms with Gasteiger partial charge in [-0.3, -0.25) is 14.7 Å². The van der Waals surface area contributed by atoms with Gasteiger partial charge in [-0.15, -0.1) is 0 Å². The summed E-state index contributed by atoms with van der Waals surface area (Å²) in [6.45, 7) is 3.99. The second kappa shape index (κ2) is 12.4. The Labute approximate surface area is 269 Å². The van der Waals surface area contributed by atoms with Gasteiger partial charge >= 0.3 is 12.0 Å². The lowest BCUT2D eigenvalue weighted by molar-refractivity contribution is -0.146. The van der Waals surface area contributed by atoms with E-state index in [2.05, 4.69) is 14.9 Å². The zero-order valence-corrected chi connectivity index (χ0v) is 26.3. The number of halogens is 3. The maximum absolute atomic E-state index is 16.9. The van der Waals surface area contributed by atoms with Gasteiger partial charge in [-0.05, 0) is 60.3 Å². The van der Waals surface area contributed by atoms with Gasteiger partial charge in [-0.2, -0.15) is 9.97 Å². The molecule has 3 aliphatic heterocycles. The van der Waals surface area contributed by atoms with E-state index < -0.39 is 35.2 Å². The number of ether oxygens (including phenoxy) is 3. The minimum atomic E-state index is -0.958. The highest BCUT2D eigenvalue weighted by molar-refractivity contribution is 6.01. The molecular weight excluding hydrogens is 615 g/mol. The van der Waals surface area contributed by atoms with E-state index in [9.17, 15) is 18.7 Å². The zero-order valence-electron chi connectivity index (χ0n) is 26.3. The van der Waals surface area contributed by atoms with Crippen molar-refractivity contribution in [2.75, 3.05) is 58.0 Å². The van der Waals surface area contributed by atoms with Gasteiger partial charge in [0.1, 0.15) is 41.4 Å². The first kappa shape index (κ1) is 31.4. The molecule has 5 heterocycles. The van der Waals surface area contributed by atoms with Gasteiger partial charge in [0.25, 0.3) is 0 Å². The fourth-order valence-corrected chi connectivity index (χ4v) is 7.51. The van der Waals surface area contributed by atoms with E-state index in [1.54, 1.807) is 11.8 Å². The summed E-state index contributed by atoms with van der Waals surface area (Å²) in [5.41, 5.74) is -0.137. The number of fused-ring (bicyclic) bond motifs is 3. The van der Waals surface area contributed by atoms with Crippen molar-refractivity contribution in [3.05, 3.63) is 47.7 Å². The largest absolute Gasteiger partial charge is 0.508 e. The van der Waals surface area contributed by atoms with E-state index in [1.165, 1.54) is 37.6 Å². The molecule has 4 aromatic rings. The van der Waals surface area contributed by atoms with Crippen LogP contribution in [0.2, 0.25) is 0 Å². The summed E-state index contributed by atoms with van der Waals surface area (Å²) in [6.07, 6.45) is 2.83. The number of carbonyl (C=O) groups is 1. The van der Waals surface area contributed by atoms with Crippen molar-refractivity contribution in [2.24, 2.45) is 5.92 Å². The molecule has 0 radical (unpaired) electrons. The highest BCUT2D eigenvalue weighted by Crippen LogP contribution is 2.42.